The van der Waals surface area contributed by atoms with Crippen molar-refractivity contribution in [1.29, 1.82) is 0 Å². The summed E-state index contributed by atoms with van der Waals surface area (Å²) in [6.07, 6.45) is -1.06. The van der Waals surface area contributed by atoms with E-state index in [0.717, 1.165) is 5.39 Å². The quantitative estimate of drug-likeness (QED) is 0.888. The Bertz CT molecular complexity index is 758. The SMILES string of the molecule is O=C(Cc1cc2ccccc2[nH]c1=O)N1C[C@@H](F)C[C@H]1CO. The molecule has 3 rings (SSSR count). The summed E-state index contributed by atoms with van der Waals surface area (Å²) < 4.78 is 13.4. The van der Waals surface area contributed by atoms with E-state index in [2.05, 4.69) is 4.98 Å². The van der Waals surface area contributed by atoms with Gasteiger partial charge in [0.1, 0.15) is 6.17 Å². The second-order valence-electron chi connectivity index (χ2n) is 5.60. The average Bonchev–Trinajstić information content (AvgIpc) is 2.89. The molecule has 22 heavy (non-hydrogen) atoms. The fourth-order valence-electron chi connectivity index (χ4n) is 2.93. The number of hydrogen-bond acceptors (Lipinski definition) is 3. The summed E-state index contributed by atoms with van der Waals surface area (Å²) in [4.78, 5) is 28.4. The number of carbonyl (C=O) groups excluding carboxylic acids is 1. The van der Waals surface area contributed by atoms with Crippen molar-refractivity contribution in [2.45, 2.75) is 25.1 Å². The van der Waals surface area contributed by atoms with E-state index in [4.69, 9.17) is 0 Å². The number of aliphatic hydroxyl groups is 1. The molecule has 2 atom stereocenters. The van der Waals surface area contributed by atoms with Crippen LogP contribution in [0.4, 0.5) is 4.39 Å². The molecule has 1 aromatic carbocycles. The molecule has 5 nitrogen and oxygen atoms in total. The van der Waals surface area contributed by atoms with Crippen LogP contribution in [0.25, 0.3) is 10.9 Å². The van der Waals surface area contributed by atoms with Crippen molar-refractivity contribution in [3.05, 3.63) is 46.2 Å². The van der Waals surface area contributed by atoms with Gasteiger partial charge in [0.15, 0.2) is 0 Å². The molecule has 116 valence electrons. The molecule has 2 aromatic rings. The van der Waals surface area contributed by atoms with Crippen LogP contribution in [-0.2, 0) is 11.2 Å². The van der Waals surface area contributed by atoms with Gasteiger partial charge in [0.05, 0.1) is 25.6 Å². The number of alkyl halides is 1. The summed E-state index contributed by atoms with van der Waals surface area (Å²) >= 11 is 0. The predicted octanol–water partition coefficient (Wildman–Crippen LogP) is 1.00. The van der Waals surface area contributed by atoms with Gasteiger partial charge in [-0.15, -0.1) is 0 Å². The number of nitrogens with zero attached hydrogens (tertiary/aromatic N) is 1. The number of pyridine rings is 1. The van der Waals surface area contributed by atoms with Crippen molar-refractivity contribution in [2.75, 3.05) is 13.2 Å². The lowest BCUT2D eigenvalue weighted by atomic mass is 10.1. The van der Waals surface area contributed by atoms with Crippen LogP contribution in [0.15, 0.2) is 35.1 Å². The van der Waals surface area contributed by atoms with Gasteiger partial charge in [0.25, 0.3) is 5.56 Å². The van der Waals surface area contributed by atoms with E-state index in [1.54, 1.807) is 12.1 Å². The molecule has 0 aliphatic carbocycles. The van der Waals surface area contributed by atoms with Crippen molar-refractivity contribution in [1.82, 2.24) is 9.88 Å². The first-order valence-corrected chi connectivity index (χ1v) is 7.24. The topological polar surface area (TPSA) is 73.4 Å². The maximum atomic E-state index is 13.4. The lowest BCUT2D eigenvalue weighted by Crippen LogP contribution is -2.39. The van der Waals surface area contributed by atoms with Gasteiger partial charge in [-0.1, -0.05) is 18.2 Å². The molecule has 1 fully saturated rings. The van der Waals surface area contributed by atoms with Gasteiger partial charge in [0.2, 0.25) is 5.91 Å². The predicted molar refractivity (Wildman–Crippen MR) is 80.4 cm³/mol. The van der Waals surface area contributed by atoms with Crippen LogP contribution in [0, 0.1) is 0 Å². The summed E-state index contributed by atoms with van der Waals surface area (Å²) in [5.74, 6) is -0.333. The Kier molecular flexibility index (Phi) is 3.94. The molecular formula is C16H17FN2O3. The average molecular weight is 304 g/mol. The van der Waals surface area contributed by atoms with E-state index in [1.807, 2.05) is 18.2 Å². The van der Waals surface area contributed by atoms with Crippen molar-refractivity contribution in [2.24, 2.45) is 0 Å². The number of fused-ring (bicyclic) bond motifs is 1. The lowest BCUT2D eigenvalue weighted by molar-refractivity contribution is -0.132. The van der Waals surface area contributed by atoms with E-state index in [1.165, 1.54) is 4.90 Å². The minimum atomic E-state index is -1.11. The van der Waals surface area contributed by atoms with Crippen LogP contribution in [0.5, 0.6) is 0 Å². The first kappa shape index (κ1) is 14.7. The minimum absolute atomic E-state index is 0.0183. The molecule has 1 amide bonds. The number of para-hydroxylation sites is 1. The number of rotatable bonds is 3. The molecule has 1 aliphatic rings. The lowest BCUT2D eigenvalue weighted by Gasteiger charge is -2.22. The van der Waals surface area contributed by atoms with E-state index >= 15 is 0 Å². The molecule has 1 aliphatic heterocycles. The molecule has 6 heteroatoms. The Morgan fingerprint density at radius 2 is 2.18 bits per heavy atom. The Balaban J connectivity index is 1.85. The molecular weight excluding hydrogens is 287 g/mol. The zero-order valence-corrected chi connectivity index (χ0v) is 12.0. The fraction of sp³-hybridized carbons (Fsp3) is 0.375. The second kappa shape index (κ2) is 5.88. The minimum Gasteiger partial charge on any atom is -0.394 e. The third-order valence-electron chi connectivity index (χ3n) is 4.07. The largest absolute Gasteiger partial charge is 0.394 e. The number of halogens is 1. The monoisotopic (exact) mass is 304 g/mol. The van der Waals surface area contributed by atoms with Crippen LogP contribution < -0.4 is 5.56 Å². The summed E-state index contributed by atoms with van der Waals surface area (Å²) in [5, 5.41) is 10.1. The third kappa shape index (κ3) is 2.74. The van der Waals surface area contributed by atoms with Gasteiger partial charge in [-0.25, -0.2) is 4.39 Å². The molecule has 2 N–H and O–H groups in total. The Hall–Kier alpha value is -2.21. The van der Waals surface area contributed by atoms with E-state index in [0.29, 0.717) is 11.1 Å². The van der Waals surface area contributed by atoms with Crippen LogP contribution in [0.3, 0.4) is 0 Å². The summed E-state index contributed by atoms with van der Waals surface area (Å²) in [5.41, 5.74) is 0.744. The molecule has 1 aromatic heterocycles. The second-order valence-corrected chi connectivity index (χ2v) is 5.60. The number of aromatic amines is 1. The number of nitrogens with one attached hydrogen (secondary N) is 1. The Morgan fingerprint density at radius 1 is 1.41 bits per heavy atom. The van der Waals surface area contributed by atoms with E-state index < -0.39 is 12.2 Å². The van der Waals surface area contributed by atoms with Gasteiger partial charge in [-0.05, 0) is 17.5 Å². The maximum Gasteiger partial charge on any atom is 0.252 e. The van der Waals surface area contributed by atoms with Crippen molar-refractivity contribution in [3.8, 4) is 0 Å². The number of carbonyl (C=O) groups is 1. The number of aliphatic hydroxyl groups excluding tert-OH is 1. The number of benzene rings is 1. The Labute approximate surface area is 126 Å². The highest BCUT2D eigenvalue weighted by atomic mass is 19.1. The van der Waals surface area contributed by atoms with Gasteiger partial charge in [-0.2, -0.15) is 0 Å². The fourth-order valence-corrected chi connectivity index (χ4v) is 2.93. The summed E-state index contributed by atoms with van der Waals surface area (Å²) in [6, 6.07) is 8.50. The van der Waals surface area contributed by atoms with Crippen LogP contribution in [-0.4, -0.2) is 46.3 Å². The van der Waals surface area contributed by atoms with Gasteiger partial charge < -0.3 is 15.0 Å². The standard InChI is InChI=1S/C16H17FN2O3/c17-12-7-13(9-20)19(8-12)15(21)6-11-5-10-3-1-2-4-14(10)18-16(11)22/h1-5,12-13,20H,6-9H2,(H,18,22)/t12-,13-/m0/s1. The molecule has 0 bridgehead atoms. The van der Waals surface area contributed by atoms with Crippen LogP contribution in [0.2, 0.25) is 0 Å². The van der Waals surface area contributed by atoms with E-state index in [9.17, 15) is 19.1 Å². The van der Waals surface area contributed by atoms with Crippen LogP contribution >= 0.6 is 0 Å². The zero-order chi connectivity index (χ0) is 15.7. The highest BCUT2D eigenvalue weighted by Crippen LogP contribution is 2.21. The molecule has 0 spiro atoms. The van der Waals surface area contributed by atoms with Gasteiger partial charge in [0, 0.05) is 17.5 Å². The van der Waals surface area contributed by atoms with Gasteiger partial charge >= 0.3 is 0 Å². The maximum absolute atomic E-state index is 13.4. The molecule has 1 saturated heterocycles. The zero-order valence-electron chi connectivity index (χ0n) is 12.0. The first-order chi connectivity index (χ1) is 10.6. The summed E-state index contributed by atoms with van der Waals surface area (Å²) in [7, 11) is 0. The van der Waals surface area contributed by atoms with Crippen molar-refractivity contribution < 1.29 is 14.3 Å². The normalized spacial score (nSPS) is 21.5. The number of amides is 1. The molecule has 0 unspecified atom stereocenters. The number of H-pyrrole nitrogens is 1. The first-order valence-electron chi connectivity index (χ1n) is 7.24. The third-order valence-corrected chi connectivity index (χ3v) is 4.07. The van der Waals surface area contributed by atoms with Crippen molar-refractivity contribution in [3.63, 3.8) is 0 Å². The van der Waals surface area contributed by atoms with Crippen LogP contribution in [0.1, 0.15) is 12.0 Å². The molecule has 2 heterocycles. The number of hydrogen-bond donors (Lipinski definition) is 2. The number of likely N-dealkylation sites (tertiary alicyclic amines) is 1. The highest BCUT2D eigenvalue weighted by molar-refractivity contribution is 5.83. The van der Waals surface area contributed by atoms with Gasteiger partial charge in [-0.3, -0.25) is 9.59 Å². The summed E-state index contributed by atoms with van der Waals surface area (Å²) in [6.45, 7) is -0.282. The molecule has 0 saturated carbocycles. The number of aromatic nitrogens is 1. The van der Waals surface area contributed by atoms with Crippen molar-refractivity contribution >= 4 is 16.8 Å². The molecule has 0 radical (unpaired) electrons. The smallest absolute Gasteiger partial charge is 0.252 e. The highest BCUT2D eigenvalue weighted by Gasteiger charge is 2.34. The van der Waals surface area contributed by atoms with E-state index in [-0.39, 0.29) is 37.5 Å². The Morgan fingerprint density at radius 3 is 2.95 bits per heavy atom.